The van der Waals surface area contributed by atoms with Gasteiger partial charge in [0.15, 0.2) is 0 Å². The quantitative estimate of drug-likeness (QED) is 0.489. The number of alkyl halides is 3. The molecule has 6 nitrogen and oxygen atoms in total. The van der Waals surface area contributed by atoms with E-state index in [9.17, 15) is 23.4 Å². The fourth-order valence-electron chi connectivity index (χ4n) is 1.38. The number of hydrogen-bond acceptors (Lipinski definition) is 4. The van der Waals surface area contributed by atoms with Crippen molar-refractivity contribution in [3.63, 3.8) is 0 Å². The molecule has 2 atom stereocenters. The fraction of sp³-hybridized carbons (Fsp3) is 0.500. The van der Waals surface area contributed by atoms with E-state index in [1.54, 1.807) is 0 Å². The van der Waals surface area contributed by atoms with Gasteiger partial charge in [-0.2, -0.15) is 13.2 Å². The van der Waals surface area contributed by atoms with Crippen LogP contribution in [0.15, 0.2) is 23.4 Å². The molecule has 0 aliphatic carbocycles. The van der Waals surface area contributed by atoms with E-state index in [1.165, 1.54) is 0 Å². The lowest BCUT2D eigenvalue weighted by Crippen LogP contribution is -2.20. The van der Waals surface area contributed by atoms with Gasteiger partial charge < -0.3 is 10.2 Å². The molecule has 104 valence electrons. The van der Waals surface area contributed by atoms with Crippen molar-refractivity contribution < 1.29 is 23.4 Å². The van der Waals surface area contributed by atoms with Gasteiger partial charge >= 0.3 is 6.18 Å². The van der Waals surface area contributed by atoms with E-state index < -0.39 is 23.9 Å². The summed E-state index contributed by atoms with van der Waals surface area (Å²) in [5, 5.41) is 22.4. The summed E-state index contributed by atoms with van der Waals surface area (Å²) in [7, 11) is 0. The first-order chi connectivity index (χ1) is 8.86. The Bertz CT molecular complexity index is 474. The van der Waals surface area contributed by atoms with Crippen LogP contribution in [-0.4, -0.2) is 27.8 Å². The summed E-state index contributed by atoms with van der Waals surface area (Å²) in [6.07, 6.45) is -6.66. The van der Waals surface area contributed by atoms with E-state index in [0.29, 0.717) is 6.07 Å². The lowest BCUT2D eigenvalue weighted by molar-refractivity contribution is -0.137. The molecule has 0 bridgehead atoms. The molecular formula is C10H11F3N4O2. The van der Waals surface area contributed by atoms with Gasteiger partial charge in [-0.1, -0.05) is 5.11 Å². The maximum absolute atomic E-state index is 12.5. The lowest BCUT2D eigenvalue weighted by atomic mass is 10.1. The van der Waals surface area contributed by atoms with Crippen molar-refractivity contribution in [2.45, 2.75) is 24.8 Å². The normalized spacial score (nSPS) is 14.6. The van der Waals surface area contributed by atoms with Crippen molar-refractivity contribution in [3.05, 3.63) is 40.0 Å². The highest BCUT2D eigenvalue weighted by Crippen LogP contribution is 2.30. The van der Waals surface area contributed by atoms with E-state index in [1.807, 2.05) is 0 Å². The van der Waals surface area contributed by atoms with Crippen molar-refractivity contribution >= 4 is 0 Å². The Kier molecular flexibility index (Phi) is 5.11. The molecule has 0 radical (unpaired) electrons. The minimum Gasteiger partial charge on any atom is -0.390 e. The fourth-order valence-corrected chi connectivity index (χ4v) is 1.38. The SMILES string of the molecule is [N-]=[N+]=NCCC(O)C(O)c1cc(C(F)(F)F)ccn1. The monoisotopic (exact) mass is 276 g/mol. The highest BCUT2D eigenvalue weighted by atomic mass is 19.4. The Balaban J connectivity index is 2.81. The van der Waals surface area contributed by atoms with Crippen LogP contribution in [0, 0.1) is 0 Å². The third kappa shape index (κ3) is 4.40. The number of rotatable bonds is 5. The van der Waals surface area contributed by atoms with Crippen LogP contribution in [0.25, 0.3) is 10.4 Å². The average molecular weight is 276 g/mol. The van der Waals surface area contributed by atoms with E-state index in [4.69, 9.17) is 5.53 Å². The second-order valence-corrected chi connectivity index (χ2v) is 3.72. The number of halogens is 3. The molecule has 0 aromatic carbocycles. The van der Waals surface area contributed by atoms with Gasteiger partial charge in [-0.25, -0.2) is 0 Å². The summed E-state index contributed by atoms with van der Waals surface area (Å²) in [6.45, 7) is -0.0757. The molecule has 19 heavy (non-hydrogen) atoms. The topological polar surface area (TPSA) is 102 Å². The molecule has 0 saturated heterocycles. The summed E-state index contributed by atoms with van der Waals surface area (Å²) >= 11 is 0. The summed E-state index contributed by atoms with van der Waals surface area (Å²) < 4.78 is 37.4. The Hall–Kier alpha value is -1.83. The van der Waals surface area contributed by atoms with Crippen LogP contribution >= 0.6 is 0 Å². The summed E-state index contributed by atoms with van der Waals surface area (Å²) in [6, 6.07) is 1.43. The van der Waals surface area contributed by atoms with Crippen molar-refractivity contribution in [2.75, 3.05) is 6.54 Å². The zero-order valence-electron chi connectivity index (χ0n) is 9.62. The van der Waals surface area contributed by atoms with E-state index in [0.717, 1.165) is 12.3 Å². The zero-order valence-corrected chi connectivity index (χ0v) is 9.62. The highest BCUT2D eigenvalue weighted by Gasteiger charge is 2.32. The molecule has 0 amide bonds. The Morgan fingerprint density at radius 3 is 2.68 bits per heavy atom. The third-order valence-electron chi connectivity index (χ3n) is 2.36. The molecule has 0 spiro atoms. The van der Waals surface area contributed by atoms with Crippen molar-refractivity contribution in [1.82, 2.24) is 4.98 Å². The Labute approximate surface area is 106 Å². The molecule has 1 rings (SSSR count). The molecule has 1 aromatic heterocycles. The minimum absolute atomic E-state index is 0.0757. The van der Waals surface area contributed by atoms with Crippen LogP contribution in [0.3, 0.4) is 0 Å². The number of azide groups is 1. The lowest BCUT2D eigenvalue weighted by Gasteiger charge is -2.17. The maximum atomic E-state index is 12.5. The molecule has 1 aromatic rings. The number of nitrogens with zero attached hydrogens (tertiary/aromatic N) is 4. The predicted molar refractivity (Wildman–Crippen MR) is 58.8 cm³/mol. The molecule has 9 heteroatoms. The predicted octanol–water partition coefficient (Wildman–Crippen LogP) is 2.20. The molecular weight excluding hydrogens is 265 g/mol. The van der Waals surface area contributed by atoms with Crippen LogP contribution in [0.2, 0.25) is 0 Å². The van der Waals surface area contributed by atoms with Gasteiger partial charge in [0.1, 0.15) is 6.10 Å². The van der Waals surface area contributed by atoms with Crippen LogP contribution < -0.4 is 0 Å². The second kappa shape index (κ2) is 6.37. The largest absolute Gasteiger partial charge is 0.416 e. The first kappa shape index (κ1) is 15.2. The third-order valence-corrected chi connectivity index (χ3v) is 2.36. The van der Waals surface area contributed by atoms with Gasteiger partial charge in [0.2, 0.25) is 0 Å². The summed E-state index contributed by atoms with van der Waals surface area (Å²) in [4.78, 5) is 6.04. The van der Waals surface area contributed by atoms with Crippen LogP contribution in [0.1, 0.15) is 23.8 Å². The van der Waals surface area contributed by atoms with Gasteiger partial charge in [0.25, 0.3) is 0 Å². The van der Waals surface area contributed by atoms with Crippen LogP contribution in [0.4, 0.5) is 13.2 Å². The molecule has 0 saturated carbocycles. The Morgan fingerprint density at radius 2 is 2.11 bits per heavy atom. The average Bonchev–Trinajstić information content (AvgIpc) is 2.37. The van der Waals surface area contributed by atoms with Gasteiger partial charge in [-0.15, -0.1) is 0 Å². The van der Waals surface area contributed by atoms with Gasteiger partial charge in [-0.3, -0.25) is 4.98 Å². The first-order valence-corrected chi connectivity index (χ1v) is 5.26. The van der Waals surface area contributed by atoms with E-state index in [-0.39, 0.29) is 18.7 Å². The summed E-state index contributed by atoms with van der Waals surface area (Å²) in [5.41, 5.74) is 6.79. The maximum Gasteiger partial charge on any atom is 0.416 e. The zero-order chi connectivity index (χ0) is 14.5. The van der Waals surface area contributed by atoms with Crippen LogP contribution in [-0.2, 0) is 6.18 Å². The molecule has 1 heterocycles. The van der Waals surface area contributed by atoms with E-state index in [2.05, 4.69) is 15.0 Å². The number of pyridine rings is 1. The molecule has 0 fully saturated rings. The van der Waals surface area contributed by atoms with Crippen LogP contribution in [0.5, 0.6) is 0 Å². The first-order valence-electron chi connectivity index (χ1n) is 5.26. The number of hydrogen-bond donors (Lipinski definition) is 2. The minimum atomic E-state index is -4.55. The summed E-state index contributed by atoms with van der Waals surface area (Å²) in [5.74, 6) is 0. The smallest absolute Gasteiger partial charge is 0.390 e. The molecule has 2 unspecified atom stereocenters. The van der Waals surface area contributed by atoms with E-state index >= 15 is 0 Å². The standard InChI is InChI=1S/C10H11F3N4O2/c11-10(12,13)6-1-3-15-7(5-6)9(19)8(18)2-4-16-17-14/h1,3,5,8-9,18-19H,2,4H2. The number of aliphatic hydroxyl groups excluding tert-OH is 2. The Morgan fingerprint density at radius 1 is 1.42 bits per heavy atom. The van der Waals surface area contributed by atoms with Gasteiger partial charge in [0, 0.05) is 17.7 Å². The highest BCUT2D eigenvalue weighted by molar-refractivity contribution is 5.21. The number of aromatic nitrogens is 1. The van der Waals surface area contributed by atoms with Crippen molar-refractivity contribution in [2.24, 2.45) is 5.11 Å². The molecule has 0 aliphatic heterocycles. The van der Waals surface area contributed by atoms with Gasteiger partial charge in [0.05, 0.1) is 17.4 Å². The van der Waals surface area contributed by atoms with Crippen molar-refractivity contribution in [3.8, 4) is 0 Å². The number of aliphatic hydroxyl groups is 2. The molecule has 0 aliphatic rings. The van der Waals surface area contributed by atoms with Crippen molar-refractivity contribution in [1.29, 1.82) is 0 Å². The van der Waals surface area contributed by atoms with Gasteiger partial charge in [-0.05, 0) is 24.1 Å². The molecule has 2 N–H and O–H groups in total. The second-order valence-electron chi connectivity index (χ2n) is 3.72.